The number of carbonyl (C=O) groups excluding carboxylic acids is 3. The molecule has 1 unspecified atom stereocenters. The Labute approximate surface area is 174 Å². The molecule has 0 spiro atoms. The van der Waals surface area contributed by atoms with E-state index in [0.29, 0.717) is 29.4 Å². The summed E-state index contributed by atoms with van der Waals surface area (Å²) in [7, 11) is 1.32. The number of methoxy groups -OCH3 is 1. The Bertz CT molecular complexity index is 878. The fraction of sp³-hybridized carbons (Fsp3) is 0.381. The van der Waals surface area contributed by atoms with E-state index in [1.165, 1.54) is 7.11 Å². The first-order valence-electron chi connectivity index (χ1n) is 9.55. The maximum Gasteiger partial charge on any atom is 0.348 e. The van der Waals surface area contributed by atoms with E-state index in [4.69, 9.17) is 4.74 Å². The van der Waals surface area contributed by atoms with Crippen molar-refractivity contribution in [2.45, 2.75) is 19.8 Å². The Morgan fingerprint density at radius 3 is 2.59 bits per heavy atom. The van der Waals surface area contributed by atoms with Gasteiger partial charge in [0.25, 0.3) is 5.91 Å². The highest BCUT2D eigenvalue weighted by Crippen LogP contribution is 2.23. The molecule has 1 saturated heterocycles. The van der Waals surface area contributed by atoms with E-state index in [0.717, 1.165) is 35.4 Å². The van der Waals surface area contributed by atoms with E-state index in [1.807, 2.05) is 31.2 Å². The first-order valence-corrected chi connectivity index (χ1v) is 10.4. The van der Waals surface area contributed by atoms with E-state index >= 15 is 0 Å². The standard InChI is InChI=1S/C21H25N3O4S/c1-14-5-7-16(8-6-14)23-21(27)22-12-15-4-3-11-24(13-15)19(25)17-9-10-18(29-17)20(26)28-2/h5-10,15H,3-4,11-13H2,1-2H3,(H2,22,23,27). The third-order valence-corrected chi connectivity index (χ3v) is 5.92. The van der Waals surface area contributed by atoms with Crippen LogP contribution in [0.5, 0.6) is 0 Å². The minimum Gasteiger partial charge on any atom is -0.465 e. The Morgan fingerprint density at radius 2 is 1.86 bits per heavy atom. The van der Waals surface area contributed by atoms with Crippen molar-refractivity contribution in [3.05, 3.63) is 51.7 Å². The van der Waals surface area contributed by atoms with Crippen LogP contribution in [0.25, 0.3) is 0 Å². The van der Waals surface area contributed by atoms with Gasteiger partial charge in [-0.2, -0.15) is 0 Å². The van der Waals surface area contributed by atoms with Gasteiger partial charge in [-0.25, -0.2) is 9.59 Å². The third kappa shape index (κ3) is 5.57. The lowest BCUT2D eigenvalue weighted by Crippen LogP contribution is -2.44. The monoisotopic (exact) mass is 415 g/mol. The summed E-state index contributed by atoms with van der Waals surface area (Å²) in [4.78, 5) is 39.2. The molecule has 1 aliphatic rings. The topological polar surface area (TPSA) is 87.7 Å². The second-order valence-corrected chi connectivity index (χ2v) is 8.20. The maximum atomic E-state index is 12.8. The van der Waals surface area contributed by atoms with Gasteiger partial charge in [0.15, 0.2) is 0 Å². The molecule has 3 amide bonds. The first kappa shape index (κ1) is 20.9. The molecule has 0 aliphatic carbocycles. The van der Waals surface area contributed by atoms with Crippen LogP contribution in [0.4, 0.5) is 10.5 Å². The quantitative estimate of drug-likeness (QED) is 0.732. The largest absolute Gasteiger partial charge is 0.465 e. The predicted octanol–water partition coefficient (Wildman–Crippen LogP) is 3.52. The Hall–Kier alpha value is -2.87. The number of hydrogen-bond donors (Lipinski definition) is 2. The van der Waals surface area contributed by atoms with Gasteiger partial charge in [0.2, 0.25) is 0 Å². The second kappa shape index (κ2) is 9.56. The van der Waals surface area contributed by atoms with Crippen LogP contribution in [-0.4, -0.2) is 49.6 Å². The zero-order chi connectivity index (χ0) is 20.8. The lowest BCUT2D eigenvalue weighted by Gasteiger charge is -2.32. The SMILES string of the molecule is COC(=O)c1ccc(C(=O)N2CCCC(CNC(=O)Nc3ccc(C)cc3)C2)s1. The van der Waals surface area contributed by atoms with Gasteiger partial charge in [-0.15, -0.1) is 11.3 Å². The Kier molecular flexibility index (Phi) is 6.87. The summed E-state index contributed by atoms with van der Waals surface area (Å²) in [5, 5.41) is 5.71. The van der Waals surface area contributed by atoms with Crippen molar-refractivity contribution >= 4 is 34.9 Å². The summed E-state index contributed by atoms with van der Waals surface area (Å²) in [5.41, 5.74) is 1.88. The number of esters is 1. The van der Waals surface area contributed by atoms with Crippen molar-refractivity contribution in [3.63, 3.8) is 0 Å². The van der Waals surface area contributed by atoms with E-state index in [2.05, 4.69) is 10.6 Å². The van der Waals surface area contributed by atoms with E-state index < -0.39 is 5.97 Å². The number of thiophene rings is 1. The Balaban J connectivity index is 1.50. The van der Waals surface area contributed by atoms with Gasteiger partial charge >= 0.3 is 12.0 Å². The van der Waals surface area contributed by atoms with Gasteiger partial charge < -0.3 is 20.3 Å². The van der Waals surface area contributed by atoms with Crippen LogP contribution in [-0.2, 0) is 4.74 Å². The highest BCUT2D eigenvalue weighted by Gasteiger charge is 2.26. The summed E-state index contributed by atoms with van der Waals surface area (Å²) in [6.45, 7) is 3.75. The summed E-state index contributed by atoms with van der Waals surface area (Å²) < 4.78 is 4.70. The molecule has 1 atom stereocenters. The molecule has 2 N–H and O–H groups in total. The van der Waals surface area contributed by atoms with Gasteiger partial charge in [0, 0.05) is 25.3 Å². The van der Waals surface area contributed by atoms with Gasteiger partial charge in [0.05, 0.1) is 12.0 Å². The van der Waals surface area contributed by atoms with Crippen molar-refractivity contribution in [1.29, 1.82) is 0 Å². The summed E-state index contributed by atoms with van der Waals surface area (Å²) in [5.74, 6) is -0.329. The van der Waals surface area contributed by atoms with Crippen LogP contribution < -0.4 is 10.6 Å². The molecular weight excluding hydrogens is 390 g/mol. The Morgan fingerprint density at radius 1 is 1.14 bits per heavy atom. The number of anilines is 1. The van der Waals surface area contributed by atoms with Gasteiger partial charge in [-0.1, -0.05) is 17.7 Å². The van der Waals surface area contributed by atoms with E-state index in [9.17, 15) is 14.4 Å². The maximum absolute atomic E-state index is 12.8. The molecule has 2 heterocycles. The van der Waals surface area contributed by atoms with Crippen LogP contribution >= 0.6 is 11.3 Å². The lowest BCUT2D eigenvalue weighted by atomic mass is 9.98. The number of nitrogens with one attached hydrogen (secondary N) is 2. The molecule has 8 heteroatoms. The molecule has 7 nitrogen and oxygen atoms in total. The number of hydrogen-bond acceptors (Lipinski definition) is 5. The molecular formula is C21H25N3O4S. The van der Waals surface area contributed by atoms with Crippen molar-refractivity contribution < 1.29 is 19.1 Å². The average Bonchev–Trinajstić information content (AvgIpc) is 3.23. The molecule has 0 bridgehead atoms. The lowest BCUT2D eigenvalue weighted by molar-refractivity contribution is 0.0606. The summed E-state index contributed by atoms with van der Waals surface area (Å²) >= 11 is 1.14. The second-order valence-electron chi connectivity index (χ2n) is 7.12. The number of aryl methyl sites for hydroxylation is 1. The highest BCUT2D eigenvalue weighted by atomic mass is 32.1. The van der Waals surface area contributed by atoms with Crippen LogP contribution in [0.15, 0.2) is 36.4 Å². The van der Waals surface area contributed by atoms with Crippen LogP contribution in [0, 0.1) is 12.8 Å². The predicted molar refractivity (Wildman–Crippen MR) is 112 cm³/mol. The molecule has 1 fully saturated rings. The minimum atomic E-state index is -0.436. The highest BCUT2D eigenvalue weighted by molar-refractivity contribution is 7.15. The number of benzene rings is 1. The number of likely N-dealkylation sites (tertiary alicyclic amines) is 1. The number of amides is 3. The molecule has 2 aromatic rings. The van der Waals surface area contributed by atoms with Crippen LogP contribution in [0.3, 0.4) is 0 Å². The number of rotatable bonds is 5. The molecule has 0 saturated carbocycles. The molecule has 154 valence electrons. The van der Waals surface area contributed by atoms with Crippen molar-refractivity contribution in [2.24, 2.45) is 5.92 Å². The normalized spacial score (nSPS) is 16.2. The van der Waals surface area contributed by atoms with E-state index in [1.54, 1.807) is 17.0 Å². The zero-order valence-corrected chi connectivity index (χ0v) is 17.4. The van der Waals surface area contributed by atoms with Crippen molar-refractivity contribution in [1.82, 2.24) is 10.2 Å². The third-order valence-electron chi connectivity index (χ3n) is 4.87. The van der Waals surface area contributed by atoms with Gasteiger partial charge in [-0.3, -0.25) is 4.79 Å². The summed E-state index contributed by atoms with van der Waals surface area (Å²) in [6, 6.07) is 10.6. The smallest absolute Gasteiger partial charge is 0.348 e. The van der Waals surface area contributed by atoms with Gasteiger partial charge in [0.1, 0.15) is 4.88 Å². The number of piperidine rings is 1. The number of carbonyl (C=O) groups is 3. The van der Waals surface area contributed by atoms with Crippen molar-refractivity contribution in [3.8, 4) is 0 Å². The molecule has 1 aliphatic heterocycles. The fourth-order valence-electron chi connectivity index (χ4n) is 3.28. The molecule has 1 aromatic heterocycles. The number of ether oxygens (including phenoxy) is 1. The molecule has 29 heavy (non-hydrogen) atoms. The van der Waals surface area contributed by atoms with Gasteiger partial charge in [-0.05, 0) is 49.9 Å². The van der Waals surface area contributed by atoms with Crippen molar-refractivity contribution in [2.75, 3.05) is 32.1 Å². The number of urea groups is 1. The van der Waals surface area contributed by atoms with Crippen LogP contribution in [0.2, 0.25) is 0 Å². The molecule has 0 radical (unpaired) electrons. The van der Waals surface area contributed by atoms with Crippen LogP contribution in [0.1, 0.15) is 37.7 Å². The average molecular weight is 416 g/mol. The molecule has 3 rings (SSSR count). The fourth-order valence-corrected chi connectivity index (χ4v) is 4.18. The number of nitrogens with zero attached hydrogens (tertiary/aromatic N) is 1. The molecule has 1 aromatic carbocycles. The first-order chi connectivity index (χ1) is 14.0. The zero-order valence-electron chi connectivity index (χ0n) is 16.6. The minimum absolute atomic E-state index is 0.0843. The van der Waals surface area contributed by atoms with E-state index in [-0.39, 0.29) is 17.9 Å². The summed E-state index contributed by atoms with van der Waals surface area (Å²) in [6.07, 6.45) is 1.83.